The smallest absolute Gasteiger partial charge is 0.392 e. The first-order valence-electron chi connectivity index (χ1n) is 12.1. The molecule has 1 atom stereocenters. The Hall–Kier alpha value is -3.13. The van der Waals surface area contributed by atoms with Gasteiger partial charge in [0.1, 0.15) is 12.1 Å². The Kier molecular flexibility index (Phi) is 6.40. The Bertz CT molecular complexity index is 1210. The summed E-state index contributed by atoms with van der Waals surface area (Å²) >= 11 is 0. The van der Waals surface area contributed by atoms with Crippen molar-refractivity contribution in [2.24, 2.45) is 0 Å². The van der Waals surface area contributed by atoms with Crippen LogP contribution in [0.4, 0.5) is 30.4 Å². The second-order valence-corrected chi connectivity index (χ2v) is 9.59. The quantitative estimate of drug-likeness (QED) is 0.458. The first kappa shape index (κ1) is 23.6. The summed E-state index contributed by atoms with van der Waals surface area (Å²) in [7, 11) is 1.88. The number of aliphatic hydroxyl groups excluding tert-OH is 1. The summed E-state index contributed by atoms with van der Waals surface area (Å²) in [6, 6.07) is 11.8. The predicted octanol–water partition coefficient (Wildman–Crippen LogP) is 6.13. The molecule has 5 nitrogen and oxygen atoms in total. The molecule has 2 aromatic carbocycles. The zero-order chi connectivity index (χ0) is 24.6. The lowest BCUT2D eigenvalue weighted by Crippen LogP contribution is -2.33. The van der Waals surface area contributed by atoms with Crippen LogP contribution in [0.1, 0.15) is 48.8 Å². The van der Waals surface area contributed by atoms with Crippen molar-refractivity contribution < 1.29 is 18.3 Å². The summed E-state index contributed by atoms with van der Waals surface area (Å²) in [5.41, 5.74) is 4.17. The van der Waals surface area contributed by atoms with Crippen LogP contribution in [0.15, 0.2) is 48.8 Å². The van der Waals surface area contributed by atoms with Crippen LogP contribution in [0, 0.1) is 0 Å². The number of hydrogen-bond acceptors (Lipinski definition) is 5. The third kappa shape index (κ3) is 5.12. The molecule has 0 bridgehead atoms. The number of nitrogens with zero attached hydrogens (tertiary/aromatic N) is 3. The first-order chi connectivity index (χ1) is 16.8. The van der Waals surface area contributed by atoms with E-state index in [-0.39, 0.29) is 12.1 Å². The standard InChI is InChI=1S/C27H29F3N4O/c1-34(21-5-3-2-4-6-21)25-14-19(27(28,29)30)8-10-23(25)24-15-26(32-16-31-24)33-20-9-7-17-12-22(35)13-18(17)11-20/h7-11,14-16,21-22,35H,2-6,12-13H2,1H3,(H,31,32,33)/t22-/m0/s1. The van der Waals surface area contributed by atoms with E-state index in [9.17, 15) is 18.3 Å². The molecule has 35 heavy (non-hydrogen) atoms. The predicted molar refractivity (Wildman–Crippen MR) is 131 cm³/mol. The summed E-state index contributed by atoms with van der Waals surface area (Å²) in [5.74, 6) is 0.555. The minimum Gasteiger partial charge on any atom is -0.392 e. The molecule has 1 saturated carbocycles. The van der Waals surface area contributed by atoms with Gasteiger partial charge in [-0.1, -0.05) is 31.4 Å². The topological polar surface area (TPSA) is 61.3 Å². The number of rotatable bonds is 5. The number of hydrogen-bond donors (Lipinski definition) is 2. The molecular formula is C27H29F3N4O. The van der Waals surface area contributed by atoms with E-state index >= 15 is 0 Å². The molecule has 2 N–H and O–H groups in total. The monoisotopic (exact) mass is 482 g/mol. The molecule has 8 heteroatoms. The normalized spacial score (nSPS) is 18.4. The van der Waals surface area contributed by atoms with Crippen molar-refractivity contribution >= 4 is 17.2 Å². The molecule has 0 spiro atoms. The van der Waals surface area contributed by atoms with E-state index in [4.69, 9.17) is 0 Å². The third-order valence-electron chi connectivity index (χ3n) is 7.16. The number of anilines is 3. The summed E-state index contributed by atoms with van der Waals surface area (Å²) in [5, 5.41) is 13.2. The van der Waals surface area contributed by atoms with E-state index < -0.39 is 11.7 Å². The van der Waals surface area contributed by atoms with Crippen molar-refractivity contribution in [1.29, 1.82) is 0 Å². The van der Waals surface area contributed by atoms with Crippen molar-refractivity contribution in [3.05, 3.63) is 65.5 Å². The van der Waals surface area contributed by atoms with Crippen molar-refractivity contribution in [1.82, 2.24) is 9.97 Å². The molecule has 5 rings (SSSR count). The summed E-state index contributed by atoms with van der Waals surface area (Å²) < 4.78 is 40.7. The maximum Gasteiger partial charge on any atom is 0.416 e. The highest BCUT2D eigenvalue weighted by Gasteiger charge is 2.32. The third-order valence-corrected chi connectivity index (χ3v) is 7.16. The van der Waals surface area contributed by atoms with Gasteiger partial charge >= 0.3 is 6.18 Å². The van der Waals surface area contributed by atoms with E-state index in [0.29, 0.717) is 35.6 Å². The lowest BCUT2D eigenvalue weighted by molar-refractivity contribution is -0.137. The number of alkyl halides is 3. The highest BCUT2D eigenvalue weighted by molar-refractivity contribution is 5.79. The Morgan fingerprint density at radius 1 is 0.943 bits per heavy atom. The maximum absolute atomic E-state index is 13.6. The summed E-state index contributed by atoms with van der Waals surface area (Å²) in [6.45, 7) is 0. The average molecular weight is 483 g/mol. The van der Waals surface area contributed by atoms with Crippen molar-refractivity contribution in [3.63, 3.8) is 0 Å². The van der Waals surface area contributed by atoms with Crippen LogP contribution < -0.4 is 10.2 Å². The van der Waals surface area contributed by atoms with E-state index in [1.165, 1.54) is 24.9 Å². The zero-order valence-electron chi connectivity index (χ0n) is 19.6. The van der Waals surface area contributed by atoms with E-state index in [0.717, 1.165) is 48.6 Å². The maximum atomic E-state index is 13.6. The second kappa shape index (κ2) is 9.49. The van der Waals surface area contributed by atoms with Gasteiger partial charge in [-0.3, -0.25) is 0 Å². The number of nitrogens with one attached hydrogen (secondary N) is 1. The van der Waals surface area contributed by atoms with E-state index in [1.807, 2.05) is 30.1 Å². The molecule has 2 aliphatic carbocycles. The molecule has 184 valence electrons. The molecule has 1 fully saturated rings. The minimum absolute atomic E-state index is 0.201. The van der Waals surface area contributed by atoms with Gasteiger partial charge in [0, 0.05) is 36.1 Å². The van der Waals surface area contributed by atoms with Crippen LogP contribution in [0.5, 0.6) is 0 Å². The van der Waals surface area contributed by atoms with Gasteiger partial charge in [0.15, 0.2) is 0 Å². The molecule has 2 aliphatic rings. The molecule has 0 radical (unpaired) electrons. The number of aliphatic hydroxyl groups is 1. The number of fused-ring (bicyclic) bond motifs is 1. The second-order valence-electron chi connectivity index (χ2n) is 9.59. The summed E-state index contributed by atoms with van der Waals surface area (Å²) in [6.07, 6.45) is 3.24. The van der Waals surface area contributed by atoms with Gasteiger partial charge in [-0.15, -0.1) is 0 Å². The van der Waals surface area contributed by atoms with Crippen molar-refractivity contribution in [3.8, 4) is 11.3 Å². The minimum atomic E-state index is -4.42. The highest BCUT2D eigenvalue weighted by atomic mass is 19.4. The van der Waals surface area contributed by atoms with Crippen molar-refractivity contribution in [2.75, 3.05) is 17.3 Å². The highest BCUT2D eigenvalue weighted by Crippen LogP contribution is 2.39. The molecular weight excluding hydrogens is 453 g/mol. The Balaban J connectivity index is 1.47. The molecule has 0 saturated heterocycles. The Morgan fingerprint density at radius 2 is 1.71 bits per heavy atom. The van der Waals surface area contributed by atoms with E-state index in [1.54, 1.807) is 6.07 Å². The lowest BCUT2D eigenvalue weighted by Gasteiger charge is -2.34. The number of benzene rings is 2. The van der Waals surface area contributed by atoms with Gasteiger partial charge in [-0.05, 0) is 61.1 Å². The summed E-state index contributed by atoms with van der Waals surface area (Å²) in [4.78, 5) is 10.7. The zero-order valence-corrected chi connectivity index (χ0v) is 19.6. The molecule has 0 aliphatic heterocycles. The van der Waals surface area contributed by atoms with Crippen LogP contribution in [-0.4, -0.2) is 34.3 Å². The van der Waals surface area contributed by atoms with Gasteiger partial charge in [-0.2, -0.15) is 13.2 Å². The van der Waals surface area contributed by atoms with Gasteiger partial charge in [0.25, 0.3) is 0 Å². The molecule has 0 amide bonds. The average Bonchev–Trinajstić information content (AvgIpc) is 3.22. The first-order valence-corrected chi connectivity index (χ1v) is 12.1. The van der Waals surface area contributed by atoms with Crippen LogP contribution >= 0.6 is 0 Å². The molecule has 1 aromatic heterocycles. The van der Waals surface area contributed by atoms with Gasteiger partial charge in [0.05, 0.1) is 17.4 Å². The Labute approximate surface area is 203 Å². The van der Waals surface area contributed by atoms with E-state index in [2.05, 4.69) is 15.3 Å². The van der Waals surface area contributed by atoms with Gasteiger partial charge < -0.3 is 15.3 Å². The van der Waals surface area contributed by atoms with Gasteiger partial charge in [0.2, 0.25) is 0 Å². The lowest BCUT2D eigenvalue weighted by atomic mass is 9.93. The number of halogens is 3. The largest absolute Gasteiger partial charge is 0.416 e. The van der Waals surface area contributed by atoms with Gasteiger partial charge in [-0.25, -0.2) is 9.97 Å². The number of aromatic nitrogens is 2. The van der Waals surface area contributed by atoms with Crippen LogP contribution in [-0.2, 0) is 19.0 Å². The molecule has 0 unspecified atom stereocenters. The van der Waals surface area contributed by atoms with Crippen molar-refractivity contribution in [2.45, 2.75) is 63.3 Å². The fraction of sp³-hybridized carbons (Fsp3) is 0.407. The van der Waals surface area contributed by atoms with Crippen LogP contribution in [0.25, 0.3) is 11.3 Å². The SMILES string of the molecule is CN(c1cc(C(F)(F)F)ccc1-c1cc(Nc2ccc3c(c2)C[C@@H](O)C3)ncn1)C1CCCCC1. The molecule has 3 aromatic rings. The molecule has 1 heterocycles. The van der Waals surface area contributed by atoms with Crippen LogP contribution in [0.3, 0.4) is 0 Å². The van der Waals surface area contributed by atoms with Crippen LogP contribution in [0.2, 0.25) is 0 Å². The fourth-order valence-electron chi connectivity index (χ4n) is 5.27. The Morgan fingerprint density at radius 3 is 2.49 bits per heavy atom. The fourth-order valence-corrected chi connectivity index (χ4v) is 5.27.